The van der Waals surface area contributed by atoms with Crippen LogP contribution in [0.1, 0.15) is 52.4 Å². The minimum atomic E-state index is -0.217. The van der Waals surface area contributed by atoms with Crippen LogP contribution in [-0.2, 0) is 14.3 Å². The van der Waals surface area contributed by atoms with Gasteiger partial charge in [0.2, 0.25) is 0 Å². The first-order valence-corrected chi connectivity index (χ1v) is 12.1. The third-order valence-corrected chi connectivity index (χ3v) is 7.33. The van der Waals surface area contributed by atoms with E-state index in [0.717, 1.165) is 44.9 Å². The summed E-state index contributed by atoms with van der Waals surface area (Å²) in [7, 11) is 3.26. The van der Waals surface area contributed by atoms with E-state index in [1.165, 1.54) is 39.5 Å². The molecule has 2 unspecified atom stereocenters. The van der Waals surface area contributed by atoms with E-state index in [0.29, 0.717) is 25.0 Å². The zero-order valence-electron chi connectivity index (χ0n) is 19.9. The Morgan fingerprint density at radius 2 is 1.87 bits per heavy atom. The number of ether oxygens (including phenoxy) is 2. The monoisotopic (exact) mass is 438 g/mol. The maximum absolute atomic E-state index is 11.9. The number of rotatable bonds is 9. The molecule has 178 valence electrons. The number of piperazine rings is 1. The second-order valence-electron chi connectivity index (χ2n) is 9.74. The Balaban J connectivity index is 1.53. The highest BCUT2D eigenvalue weighted by molar-refractivity contribution is 5.69. The van der Waals surface area contributed by atoms with E-state index in [1.807, 2.05) is 7.05 Å². The van der Waals surface area contributed by atoms with Gasteiger partial charge >= 0.3 is 12.1 Å². The molecular formula is C23H42N4O4. The molecule has 3 heterocycles. The lowest BCUT2D eigenvalue weighted by Crippen LogP contribution is -2.57. The molecule has 3 fully saturated rings. The van der Waals surface area contributed by atoms with Crippen LogP contribution in [0.2, 0.25) is 0 Å². The molecule has 3 aliphatic rings. The summed E-state index contributed by atoms with van der Waals surface area (Å²) in [6, 6.07) is 1.03. The molecule has 3 saturated heterocycles. The van der Waals surface area contributed by atoms with Crippen LogP contribution in [-0.4, -0.2) is 110 Å². The number of amides is 1. The molecule has 3 aliphatic heterocycles. The predicted octanol–water partition coefficient (Wildman–Crippen LogP) is 2.23. The summed E-state index contributed by atoms with van der Waals surface area (Å²) >= 11 is 0. The molecule has 0 aromatic rings. The van der Waals surface area contributed by atoms with Gasteiger partial charge in [0.15, 0.2) is 6.23 Å². The number of carbonyl (C=O) groups is 2. The van der Waals surface area contributed by atoms with Gasteiger partial charge in [0.25, 0.3) is 0 Å². The van der Waals surface area contributed by atoms with Crippen LogP contribution in [0.3, 0.4) is 0 Å². The number of hydrogen-bond acceptors (Lipinski definition) is 7. The zero-order valence-corrected chi connectivity index (χ0v) is 19.9. The van der Waals surface area contributed by atoms with Crippen LogP contribution >= 0.6 is 0 Å². The number of esters is 1. The van der Waals surface area contributed by atoms with Crippen molar-refractivity contribution in [2.75, 3.05) is 60.0 Å². The molecule has 1 amide bonds. The molecule has 0 bridgehead atoms. The normalized spacial score (nSPS) is 27.1. The minimum absolute atomic E-state index is 0.135. The minimum Gasteiger partial charge on any atom is -0.469 e. The SMILES string of the molecule is COC(=O)CCCN1CCN(C2CN(C)C(=O)O2)C(CCC2CCN(C(C)C)CC2)C1. The first-order valence-electron chi connectivity index (χ1n) is 12.1. The van der Waals surface area contributed by atoms with Gasteiger partial charge in [-0.3, -0.25) is 9.69 Å². The molecule has 0 saturated carbocycles. The lowest BCUT2D eigenvalue weighted by molar-refractivity contribution is -0.140. The fourth-order valence-electron chi connectivity index (χ4n) is 5.23. The van der Waals surface area contributed by atoms with Gasteiger partial charge in [-0.15, -0.1) is 0 Å². The van der Waals surface area contributed by atoms with Crippen LogP contribution < -0.4 is 0 Å². The van der Waals surface area contributed by atoms with Gasteiger partial charge in [-0.1, -0.05) is 0 Å². The fourth-order valence-corrected chi connectivity index (χ4v) is 5.23. The topological polar surface area (TPSA) is 65.6 Å². The number of likely N-dealkylation sites (N-methyl/N-ethyl adjacent to an activating group) is 1. The van der Waals surface area contributed by atoms with Gasteiger partial charge in [-0.05, 0) is 71.5 Å². The summed E-state index contributed by atoms with van der Waals surface area (Å²) in [5.74, 6) is 0.657. The van der Waals surface area contributed by atoms with Crippen molar-refractivity contribution in [1.29, 1.82) is 0 Å². The van der Waals surface area contributed by atoms with E-state index >= 15 is 0 Å². The molecule has 0 aromatic carbocycles. The van der Waals surface area contributed by atoms with Crippen LogP contribution in [0.5, 0.6) is 0 Å². The standard InChI is InChI=1S/C23H42N4O4/c1-18(2)26-12-9-19(10-13-26)7-8-20-16-25(11-5-6-22(28)30-4)14-15-27(20)21-17-24(3)23(29)31-21/h18-21H,5-17H2,1-4H3. The average Bonchev–Trinajstić information content (AvgIpc) is 3.10. The van der Waals surface area contributed by atoms with Crippen molar-refractivity contribution >= 4 is 12.1 Å². The van der Waals surface area contributed by atoms with Crippen LogP contribution in [0.25, 0.3) is 0 Å². The lowest BCUT2D eigenvalue weighted by atomic mass is 9.89. The number of nitrogens with zero attached hydrogens (tertiary/aromatic N) is 4. The van der Waals surface area contributed by atoms with Crippen molar-refractivity contribution in [1.82, 2.24) is 19.6 Å². The highest BCUT2D eigenvalue weighted by Gasteiger charge is 2.39. The van der Waals surface area contributed by atoms with E-state index in [-0.39, 0.29) is 18.3 Å². The Bertz CT molecular complexity index is 594. The highest BCUT2D eigenvalue weighted by Crippen LogP contribution is 2.28. The molecule has 8 heteroatoms. The smallest absolute Gasteiger partial charge is 0.411 e. The number of cyclic esters (lactones) is 1. The Labute approximate surface area is 187 Å². The summed E-state index contributed by atoms with van der Waals surface area (Å²) in [6.07, 6.45) is 5.89. The van der Waals surface area contributed by atoms with E-state index in [4.69, 9.17) is 9.47 Å². The molecule has 31 heavy (non-hydrogen) atoms. The fraction of sp³-hybridized carbons (Fsp3) is 0.913. The number of carbonyl (C=O) groups excluding carboxylic acids is 2. The van der Waals surface area contributed by atoms with Gasteiger partial charge in [0.05, 0.1) is 13.7 Å². The van der Waals surface area contributed by atoms with Crippen molar-refractivity contribution in [2.45, 2.75) is 70.7 Å². The highest BCUT2D eigenvalue weighted by atomic mass is 16.6. The molecule has 8 nitrogen and oxygen atoms in total. The molecule has 0 radical (unpaired) electrons. The summed E-state index contributed by atoms with van der Waals surface area (Å²) < 4.78 is 10.4. The van der Waals surface area contributed by atoms with E-state index in [2.05, 4.69) is 28.5 Å². The molecule has 0 aromatic heterocycles. The summed E-state index contributed by atoms with van der Waals surface area (Å²) in [4.78, 5) is 32.5. The third-order valence-electron chi connectivity index (χ3n) is 7.33. The van der Waals surface area contributed by atoms with Gasteiger partial charge in [0, 0.05) is 45.2 Å². The molecule has 3 rings (SSSR count). The Morgan fingerprint density at radius 3 is 2.48 bits per heavy atom. The first-order chi connectivity index (χ1) is 14.9. The van der Waals surface area contributed by atoms with Crippen molar-refractivity contribution in [3.8, 4) is 0 Å². The van der Waals surface area contributed by atoms with Gasteiger partial charge in [-0.25, -0.2) is 4.79 Å². The average molecular weight is 439 g/mol. The van der Waals surface area contributed by atoms with E-state index in [9.17, 15) is 9.59 Å². The first kappa shape index (κ1) is 24.3. The quantitative estimate of drug-likeness (QED) is 0.512. The van der Waals surface area contributed by atoms with Crippen molar-refractivity contribution in [2.24, 2.45) is 5.92 Å². The zero-order chi connectivity index (χ0) is 22.4. The van der Waals surface area contributed by atoms with Crippen molar-refractivity contribution in [3.05, 3.63) is 0 Å². The molecule has 0 aliphatic carbocycles. The summed E-state index contributed by atoms with van der Waals surface area (Å²) in [5, 5.41) is 0. The molecule has 2 atom stereocenters. The largest absolute Gasteiger partial charge is 0.469 e. The number of likely N-dealkylation sites (tertiary alicyclic amines) is 1. The van der Waals surface area contributed by atoms with Gasteiger partial charge in [0.1, 0.15) is 0 Å². The van der Waals surface area contributed by atoms with Crippen LogP contribution in [0, 0.1) is 5.92 Å². The van der Waals surface area contributed by atoms with Crippen LogP contribution in [0.4, 0.5) is 4.79 Å². The Morgan fingerprint density at radius 1 is 1.13 bits per heavy atom. The number of hydrogen-bond donors (Lipinski definition) is 0. The number of piperidine rings is 1. The Kier molecular flexibility index (Phi) is 8.98. The predicted molar refractivity (Wildman–Crippen MR) is 120 cm³/mol. The van der Waals surface area contributed by atoms with Crippen LogP contribution in [0.15, 0.2) is 0 Å². The Hall–Kier alpha value is -1.38. The van der Waals surface area contributed by atoms with E-state index in [1.54, 1.807) is 4.90 Å². The summed E-state index contributed by atoms with van der Waals surface area (Å²) in [5.41, 5.74) is 0. The van der Waals surface area contributed by atoms with Gasteiger partial charge in [-0.2, -0.15) is 0 Å². The van der Waals surface area contributed by atoms with Gasteiger partial charge < -0.3 is 24.2 Å². The number of methoxy groups -OCH3 is 1. The molecular weight excluding hydrogens is 396 g/mol. The molecule has 0 N–H and O–H groups in total. The van der Waals surface area contributed by atoms with E-state index < -0.39 is 0 Å². The maximum Gasteiger partial charge on any atom is 0.411 e. The summed E-state index contributed by atoms with van der Waals surface area (Å²) in [6.45, 7) is 11.4. The van der Waals surface area contributed by atoms with Crippen molar-refractivity contribution in [3.63, 3.8) is 0 Å². The van der Waals surface area contributed by atoms with Crippen molar-refractivity contribution < 1.29 is 19.1 Å². The second-order valence-corrected chi connectivity index (χ2v) is 9.74. The third kappa shape index (κ3) is 6.80. The lowest BCUT2D eigenvalue weighted by Gasteiger charge is -2.44. The second kappa shape index (κ2) is 11.5. The molecule has 0 spiro atoms. The maximum atomic E-state index is 11.9.